The first-order valence-corrected chi connectivity index (χ1v) is 9.09. The Morgan fingerprint density at radius 2 is 2.00 bits per heavy atom. The third kappa shape index (κ3) is 5.45. The summed E-state index contributed by atoms with van der Waals surface area (Å²) in [7, 11) is 3.44. The van der Waals surface area contributed by atoms with Crippen LogP contribution >= 0.6 is 0 Å². The largest absolute Gasteiger partial charge is 0.497 e. The van der Waals surface area contributed by atoms with Gasteiger partial charge in [-0.3, -0.25) is 9.89 Å². The number of benzene rings is 1. The van der Waals surface area contributed by atoms with Crippen molar-refractivity contribution in [3.63, 3.8) is 0 Å². The average Bonchev–Trinajstić information content (AvgIpc) is 3.25. The van der Waals surface area contributed by atoms with Crippen molar-refractivity contribution < 1.29 is 14.0 Å². The minimum Gasteiger partial charge on any atom is -0.497 e. The Hall–Kier alpha value is -2.58. The Morgan fingerprint density at radius 1 is 1.22 bits per heavy atom. The highest BCUT2D eigenvalue weighted by atomic mass is 16.5. The van der Waals surface area contributed by atoms with Gasteiger partial charge in [-0.05, 0) is 17.7 Å². The van der Waals surface area contributed by atoms with Crippen LogP contribution in [0.1, 0.15) is 17.3 Å². The van der Waals surface area contributed by atoms with Crippen molar-refractivity contribution in [3.05, 3.63) is 47.9 Å². The van der Waals surface area contributed by atoms with Gasteiger partial charge in [0.05, 0.1) is 32.9 Å². The van der Waals surface area contributed by atoms with Crippen LogP contribution in [0.2, 0.25) is 0 Å². The van der Waals surface area contributed by atoms with Crippen LogP contribution in [0.3, 0.4) is 0 Å². The molecule has 2 heterocycles. The van der Waals surface area contributed by atoms with E-state index in [-0.39, 0.29) is 6.04 Å². The molecule has 0 radical (unpaired) electrons. The van der Waals surface area contributed by atoms with Crippen molar-refractivity contribution in [2.24, 2.45) is 4.99 Å². The highest BCUT2D eigenvalue weighted by Gasteiger charge is 2.23. The number of nitrogens with zero attached hydrogens (tertiary/aromatic N) is 3. The van der Waals surface area contributed by atoms with Crippen LogP contribution in [0.5, 0.6) is 5.75 Å². The predicted molar refractivity (Wildman–Crippen MR) is 103 cm³/mol. The summed E-state index contributed by atoms with van der Waals surface area (Å²) in [5.41, 5.74) is 2.06. The Balaban J connectivity index is 1.64. The molecular formula is C19H27N5O3. The van der Waals surface area contributed by atoms with Gasteiger partial charge in [0.15, 0.2) is 5.96 Å². The number of morpholine rings is 1. The molecule has 1 aliphatic rings. The Kier molecular flexibility index (Phi) is 7.06. The van der Waals surface area contributed by atoms with Crippen molar-refractivity contribution >= 4 is 5.96 Å². The molecule has 3 rings (SSSR count). The molecule has 1 unspecified atom stereocenters. The summed E-state index contributed by atoms with van der Waals surface area (Å²) in [5.74, 6) is 1.59. The van der Waals surface area contributed by atoms with Gasteiger partial charge < -0.3 is 24.6 Å². The average molecular weight is 373 g/mol. The van der Waals surface area contributed by atoms with Crippen molar-refractivity contribution in [3.8, 4) is 5.75 Å². The van der Waals surface area contributed by atoms with Gasteiger partial charge in [-0.25, -0.2) is 0 Å². The number of hydrogen-bond donors (Lipinski definition) is 2. The summed E-state index contributed by atoms with van der Waals surface area (Å²) in [4.78, 5) is 6.73. The van der Waals surface area contributed by atoms with Gasteiger partial charge in [-0.15, -0.1) is 0 Å². The van der Waals surface area contributed by atoms with Crippen molar-refractivity contribution in [1.82, 2.24) is 20.7 Å². The minimum atomic E-state index is 0.213. The van der Waals surface area contributed by atoms with E-state index in [1.807, 2.05) is 18.2 Å². The summed E-state index contributed by atoms with van der Waals surface area (Å²) in [6, 6.07) is 10.3. The van der Waals surface area contributed by atoms with Crippen LogP contribution in [0.4, 0.5) is 0 Å². The smallest absolute Gasteiger partial charge is 0.191 e. The zero-order valence-corrected chi connectivity index (χ0v) is 15.9. The summed E-state index contributed by atoms with van der Waals surface area (Å²) in [6.45, 7) is 4.61. The normalized spacial score (nSPS) is 16.7. The molecule has 0 bridgehead atoms. The molecule has 1 aromatic carbocycles. The maximum absolute atomic E-state index is 5.51. The van der Waals surface area contributed by atoms with Crippen molar-refractivity contribution in [2.75, 3.05) is 47.0 Å². The van der Waals surface area contributed by atoms with Gasteiger partial charge >= 0.3 is 0 Å². The first-order valence-electron chi connectivity index (χ1n) is 9.09. The number of nitrogens with one attached hydrogen (secondary N) is 2. The van der Waals surface area contributed by atoms with Crippen LogP contribution in [-0.4, -0.2) is 63.0 Å². The predicted octanol–water partition coefficient (Wildman–Crippen LogP) is 1.42. The fourth-order valence-electron chi connectivity index (χ4n) is 3.09. The van der Waals surface area contributed by atoms with E-state index in [4.69, 9.17) is 14.0 Å². The molecule has 1 aliphatic heterocycles. The van der Waals surface area contributed by atoms with Crippen LogP contribution in [0, 0.1) is 0 Å². The topological polar surface area (TPSA) is 84.2 Å². The number of aromatic nitrogens is 1. The maximum Gasteiger partial charge on any atom is 0.191 e. The molecule has 0 amide bonds. The fourth-order valence-corrected chi connectivity index (χ4v) is 3.09. The number of methoxy groups -OCH3 is 1. The third-order valence-electron chi connectivity index (χ3n) is 4.60. The third-order valence-corrected chi connectivity index (χ3v) is 4.60. The number of rotatable bonds is 7. The highest BCUT2D eigenvalue weighted by Crippen LogP contribution is 2.23. The van der Waals surface area contributed by atoms with E-state index in [1.165, 1.54) is 5.56 Å². The maximum atomic E-state index is 5.51. The van der Waals surface area contributed by atoms with Crippen LogP contribution in [0.25, 0.3) is 0 Å². The molecule has 0 saturated carbocycles. The lowest BCUT2D eigenvalue weighted by Gasteiger charge is -2.35. The number of hydrogen-bond acceptors (Lipinski definition) is 6. The molecule has 8 heteroatoms. The van der Waals surface area contributed by atoms with E-state index < -0.39 is 0 Å². The number of guanidine groups is 1. The highest BCUT2D eigenvalue weighted by molar-refractivity contribution is 5.79. The lowest BCUT2D eigenvalue weighted by Crippen LogP contribution is -2.46. The number of ether oxygens (including phenoxy) is 2. The second-order valence-corrected chi connectivity index (χ2v) is 6.23. The zero-order valence-electron chi connectivity index (χ0n) is 15.9. The van der Waals surface area contributed by atoms with Gasteiger partial charge in [0.2, 0.25) is 0 Å². The van der Waals surface area contributed by atoms with Gasteiger partial charge in [-0.1, -0.05) is 17.3 Å². The quantitative estimate of drug-likeness (QED) is 0.561. The van der Waals surface area contributed by atoms with Gasteiger partial charge in [-0.2, -0.15) is 0 Å². The molecule has 8 nitrogen and oxygen atoms in total. The Labute approximate surface area is 159 Å². The van der Waals surface area contributed by atoms with Gasteiger partial charge in [0, 0.05) is 32.7 Å². The monoisotopic (exact) mass is 373 g/mol. The lowest BCUT2D eigenvalue weighted by molar-refractivity contribution is 0.0170. The first-order chi connectivity index (χ1) is 13.3. The SMILES string of the molecule is CN=C(NCc1ccon1)NCC(c1ccc(OC)cc1)N1CCOCC1. The van der Waals surface area contributed by atoms with Crippen LogP contribution in [-0.2, 0) is 11.3 Å². The van der Waals surface area contributed by atoms with Gasteiger partial charge in [0.1, 0.15) is 17.7 Å². The molecule has 1 fully saturated rings. The van der Waals surface area contributed by atoms with Crippen molar-refractivity contribution in [1.29, 1.82) is 0 Å². The molecule has 146 valence electrons. The van der Waals surface area contributed by atoms with E-state index in [9.17, 15) is 0 Å². The molecule has 1 aromatic heterocycles. The van der Waals surface area contributed by atoms with E-state index in [0.29, 0.717) is 6.54 Å². The van der Waals surface area contributed by atoms with E-state index >= 15 is 0 Å². The van der Waals surface area contributed by atoms with E-state index in [0.717, 1.165) is 50.3 Å². The minimum absolute atomic E-state index is 0.213. The molecule has 2 N–H and O–H groups in total. The molecule has 1 atom stereocenters. The van der Waals surface area contributed by atoms with E-state index in [2.05, 4.69) is 37.8 Å². The Morgan fingerprint density at radius 3 is 2.63 bits per heavy atom. The summed E-state index contributed by atoms with van der Waals surface area (Å²) in [5, 5.41) is 10.6. The summed E-state index contributed by atoms with van der Waals surface area (Å²) < 4.78 is 15.7. The molecular weight excluding hydrogens is 346 g/mol. The molecule has 1 saturated heterocycles. The fraction of sp³-hybridized carbons (Fsp3) is 0.474. The summed E-state index contributed by atoms with van der Waals surface area (Å²) >= 11 is 0. The standard InChI is InChI=1S/C19H27N5O3/c1-20-19(21-13-16-7-10-27-23-16)22-14-18(24-8-11-26-12-9-24)15-3-5-17(25-2)6-4-15/h3-7,10,18H,8-9,11-14H2,1-2H3,(H2,20,21,22). The first kappa shape index (κ1) is 19.2. The zero-order chi connectivity index (χ0) is 18.9. The number of aliphatic imine (C=N–C) groups is 1. The lowest BCUT2D eigenvalue weighted by atomic mass is 10.0. The van der Waals surface area contributed by atoms with Gasteiger partial charge in [0.25, 0.3) is 0 Å². The summed E-state index contributed by atoms with van der Waals surface area (Å²) in [6.07, 6.45) is 1.56. The second-order valence-electron chi connectivity index (χ2n) is 6.23. The Bertz CT molecular complexity index is 697. The van der Waals surface area contributed by atoms with Crippen LogP contribution in [0.15, 0.2) is 46.1 Å². The van der Waals surface area contributed by atoms with E-state index in [1.54, 1.807) is 20.4 Å². The molecule has 27 heavy (non-hydrogen) atoms. The molecule has 0 aliphatic carbocycles. The molecule has 0 spiro atoms. The van der Waals surface area contributed by atoms with Crippen molar-refractivity contribution in [2.45, 2.75) is 12.6 Å². The second kappa shape index (κ2) is 9.94. The van der Waals surface area contributed by atoms with Crippen LogP contribution < -0.4 is 15.4 Å². The molecule has 2 aromatic rings.